The van der Waals surface area contributed by atoms with Gasteiger partial charge in [0.25, 0.3) is 0 Å². The summed E-state index contributed by atoms with van der Waals surface area (Å²) in [6, 6.07) is 9.18. The molecule has 2 heterocycles. The Bertz CT molecular complexity index is 972. The van der Waals surface area contributed by atoms with Crippen LogP contribution < -0.4 is 4.90 Å². The topological polar surface area (TPSA) is 42.4 Å². The van der Waals surface area contributed by atoms with Crippen molar-refractivity contribution < 1.29 is 13.9 Å². The van der Waals surface area contributed by atoms with Gasteiger partial charge in [0.05, 0.1) is 33.9 Å². The fraction of sp³-hybridized carbons (Fsp3) is 0.176. The molecule has 1 aliphatic heterocycles. The number of hydrogen-bond acceptors (Lipinski definition) is 5. The number of rotatable bonds is 3. The summed E-state index contributed by atoms with van der Waals surface area (Å²) in [5.41, 5.74) is 1.01. The van der Waals surface area contributed by atoms with Crippen molar-refractivity contribution in [2.24, 2.45) is 0 Å². The van der Waals surface area contributed by atoms with E-state index in [-0.39, 0.29) is 17.5 Å². The molecule has 1 saturated heterocycles. The number of hydrogen-bond donors (Lipinski definition) is 0. The van der Waals surface area contributed by atoms with Gasteiger partial charge in [0, 0.05) is 5.02 Å². The molecular formula is C17H11Cl2FN2O2S. The lowest BCUT2D eigenvalue weighted by molar-refractivity contribution is 0.0234. The number of benzene rings is 2. The zero-order chi connectivity index (χ0) is 17.6. The van der Waals surface area contributed by atoms with E-state index in [1.807, 2.05) is 4.90 Å². The molecule has 1 fully saturated rings. The van der Waals surface area contributed by atoms with Crippen molar-refractivity contribution in [2.75, 3.05) is 18.0 Å². The highest BCUT2D eigenvalue weighted by Gasteiger charge is 2.32. The number of ether oxygens (including phenoxy) is 1. The number of halogens is 3. The molecule has 0 spiro atoms. The van der Waals surface area contributed by atoms with E-state index < -0.39 is 5.97 Å². The summed E-state index contributed by atoms with van der Waals surface area (Å²) >= 11 is 13.3. The average molecular weight is 397 g/mol. The van der Waals surface area contributed by atoms with E-state index in [1.54, 1.807) is 18.2 Å². The Kier molecular flexibility index (Phi) is 4.27. The largest absolute Gasteiger partial charge is 0.455 e. The first-order chi connectivity index (χ1) is 12.0. The Morgan fingerprint density at radius 2 is 2.04 bits per heavy atom. The molecule has 0 amide bonds. The van der Waals surface area contributed by atoms with E-state index in [9.17, 15) is 9.18 Å². The molecule has 4 nitrogen and oxygen atoms in total. The van der Waals surface area contributed by atoms with Gasteiger partial charge in [-0.1, -0.05) is 34.5 Å². The van der Waals surface area contributed by atoms with Gasteiger partial charge in [0.15, 0.2) is 5.13 Å². The first-order valence-corrected chi connectivity index (χ1v) is 9.04. The van der Waals surface area contributed by atoms with Crippen molar-refractivity contribution in [2.45, 2.75) is 6.10 Å². The molecule has 0 N–H and O–H groups in total. The molecule has 8 heteroatoms. The van der Waals surface area contributed by atoms with Crippen molar-refractivity contribution in [1.29, 1.82) is 0 Å². The van der Waals surface area contributed by atoms with Crippen molar-refractivity contribution >= 4 is 55.9 Å². The zero-order valence-corrected chi connectivity index (χ0v) is 15.0. The standard InChI is InChI=1S/C17H11Cl2FN2O2S/c18-9-1-3-13(19)12(5-9)16(23)24-11-7-22(8-11)17-21-14-4-2-10(20)6-15(14)25-17/h1-6,11H,7-8H2. The highest BCUT2D eigenvalue weighted by Crippen LogP contribution is 2.32. The van der Waals surface area contributed by atoms with E-state index in [4.69, 9.17) is 27.9 Å². The van der Waals surface area contributed by atoms with E-state index >= 15 is 0 Å². The van der Waals surface area contributed by atoms with Crippen LogP contribution >= 0.6 is 34.5 Å². The van der Waals surface area contributed by atoms with E-state index in [0.717, 1.165) is 15.3 Å². The van der Waals surface area contributed by atoms with Gasteiger partial charge < -0.3 is 9.64 Å². The number of nitrogens with zero attached hydrogens (tertiary/aromatic N) is 2. The van der Waals surface area contributed by atoms with Crippen LogP contribution in [0.4, 0.5) is 9.52 Å². The summed E-state index contributed by atoms with van der Waals surface area (Å²) in [6.07, 6.45) is -0.244. The van der Waals surface area contributed by atoms with Gasteiger partial charge in [0.1, 0.15) is 11.9 Å². The third-order valence-electron chi connectivity index (χ3n) is 3.88. The second-order valence-electron chi connectivity index (χ2n) is 5.66. The Hall–Kier alpha value is -1.89. The van der Waals surface area contributed by atoms with Crippen LogP contribution in [0.15, 0.2) is 36.4 Å². The van der Waals surface area contributed by atoms with Crippen LogP contribution in [0.5, 0.6) is 0 Å². The van der Waals surface area contributed by atoms with Gasteiger partial charge >= 0.3 is 5.97 Å². The van der Waals surface area contributed by atoms with Crippen LogP contribution in [0.3, 0.4) is 0 Å². The summed E-state index contributed by atoms with van der Waals surface area (Å²) in [5.74, 6) is -0.778. The Labute approximate surface area is 156 Å². The third kappa shape index (κ3) is 3.29. The molecular weight excluding hydrogens is 386 g/mol. The molecule has 128 valence electrons. The van der Waals surface area contributed by atoms with Crippen LogP contribution in [-0.2, 0) is 4.74 Å². The zero-order valence-electron chi connectivity index (χ0n) is 12.7. The Balaban J connectivity index is 1.41. The van der Waals surface area contributed by atoms with Gasteiger partial charge in [-0.3, -0.25) is 0 Å². The Morgan fingerprint density at radius 3 is 2.84 bits per heavy atom. The molecule has 0 aliphatic carbocycles. The lowest BCUT2D eigenvalue weighted by Gasteiger charge is -2.38. The fourth-order valence-corrected chi connectivity index (χ4v) is 3.93. The maximum Gasteiger partial charge on any atom is 0.340 e. The Morgan fingerprint density at radius 1 is 1.24 bits per heavy atom. The van der Waals surface area contributed by atoms with E-state index in [1.165, 1.54) is 29.5 Å². The lowest BCUT2D eigenvalue weighted by Crippen LogP contribution is -2.53. The highest BCUT2D eigenvalue weighted by molar-refractivity contribution is 7.22. The first-order valence-electron chi connectivity index (χ1n) is 7.46. The molecule has 25 heavy (non-hydrogen) atoms. The number of thiazole rings is 1. The summed E-state index contributed by atoms with van der Waals surface area (Å²) in [6.45, 7) is 1.07. The third-order valence-corrected chi connectivity index (χ3v) is 5.52. The van der Waals surface area contributed by atoms with Crippen molar-refractivity contribution in [3.63, 3.8) is 0 Å². The lowest BCUT2D eigenvalue weighted by atomic mass is 10.2. The van der Waals surface area contributed by atoms with E-state index in [2.05, 4.69) is 4.98 Å². The summed E-state index contributed by atoms with van der Waals surface area (Å²) in [4.78, 5) is 18.7. The second-order valence-corrected chi connectivity index (χ2v) is 7.52. The van der Waals surface area contributed by atoms with Gasteiger partial charge in [-0.15, -0.1) is 0 Å². The summed E-state index contributed by atoms with van der Waals surface area (Å²) < 4.78 is 19.5. The van der Waals surface area contributed by atoms with Crippen LogP contribution in [0, 0.1) is 5.82 Å². The van der Waals surface area contributed by atoms with Crippen molar-refractivity contribution in [1.82, 2.24) is 4.98 Å². The molecule has 0 atom stereocenters. The van der Waals surface area contributed by atoms with E-state index in [0.29, 0.717) is 23.1 Å². The van der Waals surface area contributed by atoms with Crippen LogP contribution in [0.25, 0.3) is 10.2 Å². The number of esters is 1. The molecule has 0 bridgehead atoms. The molecule has 2 aromatic carbocycles. The quantitative estimate of drug-likeness (QED) is 0.597. The molecule has 0 radical (unpaired) electrons. The predicted molar refractivity (Wildman–Crippen MR) is 97.5 cm³/mol. The summed E-state index contributed by atoms with van der Waals surface area (Å²) in [7, 11) is 0. The predicted octanol–water partition coefficient (Wildman–Crippen LogP) is 4.79. The monoisotopic (exact) mass is 396 g/mol. The normalized spacial score (nSPS) is 14.6. The number of fused-ring (bicyclic) bond motifs is 1. The molecule has 0 saturated carbocycles. The van der Waals surface area contributed by atoms with Gasteiger partial charge in [-0.25, -0.2) is 14.2 Å². The summed E-state index contributed by atoms with van der Waals surface area (Å²) in [5, 5.41) is 1.51. The van der Waals surface area contributed by atoms with Crippen molar-refractivity contribution in [3.05, 3.63) is 57.8 Å². The molecule has 1 aromatic heterocycles. The first kappa shape index (κ1) is 16.6. The minimum Gasteiger partial charge on any atom is -0.455 e. The second kappa shape index (κ2) is 6.44. The molecule has 0 unspecified atom stereocenters. The van der Waals surface area contributed by atoms with Gasteiger partial charge in [0.2, 0.25) is 0 Å². The number of carbonyl (C=O) groups is 1. The highest BCUT2D eigenvalue weighted by atomic mass is 35.5. The molecule has 1 aliphatic rings. The van der Waals surface area contributed by atoms with Gasteiger partial charge in [-0.05, 0) is 36.4 Å². The fourth-order valence-electron chi connectivity index (χ4n) is 2.56. The SMILES string of the molecule is O=C(OC1CN(c2nc3ccc(F)cc3s2)C1)c1cc(Cl)ccc1Cl. The number of anilines is 1. The maximum absolute atomic E-state index is 13.3. The van der Waals surface area contributed by atoms with Crippen LogP contribution in [-0.4, -0.2) is 30.1 Å². The molecule has 3 aromatic rings. The average Bonchev–Trinajstić information content (AvgIpc) is 2.94. The minimum atomic E-state index is -0.497. The van der Waals surface area contributed by atoms with Crippen molar-refractivity contribution in [3.8, 4) is 0 Å². The maximum atomic E-state index is 13.3. The van der Waals surface area contributed by atoms with Crippen LogP contribution in [0.2, 0.25) is 10.0 Å². The minimum absolute atomic E-state index is 0.244. The number of carbonyl (C=O) groups excluding carboxylic acids is 1. The van der Waals surface area contributed by atoms with Crippen LogP contribution in [0.1, 0.15) is 10.4 Å². The molecule has 4 rings (SSSR count). The number of aromatic nitrogens is 1. The smallest absolute Gasteiger partial charge is 0.340 e. The van der Waals surface area contributed by atoms with Gasteiger partial charge in [-0.2, -0.15) is 0 Å².